The normalized spacial score (nSPS) is 15.2. The third kappa shape index (κ3) is 3.77. The van der Waals surface area contributed by atoms with E-state index in [-0.39, 0.29) is 0 Å². The molecule has 4 heteroatoms. The number of methoxy groups -OCH3 is 2. The summed E-state index contributed by atoms with van der Waals surface area (Å²) in [5, 5.41) is 3.36. The largest absolute Gasteiger partial charge is 0.497 e. The van der Waals surface area contributed by atoms with E-state index in [1.54, 1.807) is 14.2 Å². The van der Waals surface area contributed by atoms with Gasteiger partial charge in [0.25, 0.3) is 0 Å². The number of nitrogens with one attached hydrogen (secondary N) is 1. The fourth-order valence-electron chi connectivity index (χ4n) is 2.88. The molecule has 0 unspecified atom stereocenters. The van der Waals surface area contributed by atoms with Gasteiger partial charge < -0.3 is 19.5 Å². The molecule has 1 saturated heterocycles. The van der Waals surface area contributed by atoms with Crippen molar-refractivity contribution in [1.29, 1.82) is 0 Å². The Morgan fingerprint density at radius 3 is 2.48 bits per heavy atom. The summed E-state index contributed by atoms with van der Waals surface area (Å²) in [7, 11) is 3.35. The van der Waals surface area contributed by atoms with Crippen molar-refractivity contribution in [2.24, 2.45) is 0 Å². The van der Waals surface area contributed by atoms with Crippen molar-refractivity contribution >= 4 is 0 Å². The van der Waals surface area contributed by atoms with Crippen molar-refractivity contribution in [3.8, 4) is 28.4 Å². The number of ether oxygens (including phenoxy) is 3. The van der Waals surface area contributed by atoms with Crippen LogP contribution in [0.2, 0.25) is 0 Å². The van der Waals surface area contributed by atoms with Gasteiger partial charge in [-0.1, -0.05) is 12.1 Å². The van der Waals surface area contributed by atoms with Crippen LogP contribution in [0, 0.1) is 0 Å². The van der Waals surface area contributed by atoms with Gasteiger partial charge in [-0.2, -0.15) is 0 Å². The summed E-state index contributed by atoms with van der Waals surface area (Å²) in [6.07, 6.45) is 2.39. The van der Waals surface area contributed by atoms with Gasteiger partial charge in [0.1, 0.15) is 23.4 Å². The smallest absolute Gasteiger partial charge is 0.126 e. The molecule has 2 aromatic rings. The van der Waals surface area contributed by atoms with Gasteiger partial charge in [-0.15, -0.1) is 0 Å². The van der Waals surface area contributed by atoms with Gasteiger partial charge in [-0.3, -0.25) is 0 Å². The number of rotatable bonds is 5. The van der Waals surface area contributed by atoms with Gasteiger partial charge in [0.05, 0.1) is 14.2 Å². The molecule has 0 bridgehead atoms. The van der Waals surface area contributed by atoms with Gasteiger partial charge in [-0.25, -0.2) is 0 Å². The van der Waals surface area contributed by atoms with Crippen LogP contribution < -0.4 is 19.5 Å². The molecule has 122 valence electrons. The minimum atomic E-state index is 0.290. The van der Waals surface area contributed by atoms with Crippen LogP contribution in [-0.4, -0.2) is 33.4 Å². The highest BCUT2D eigenvalue weighted by Crippen LogP contribution is 2.35. The van der Waals surface area contributed by atoms with Crippen molar-refractivity contribution in [2.45, 2.75) is 18.9 Å². The number of piperidine rings is 1. The first kappa shape index (κ1) is 15.7. The van der Waals surface area contributed by atoms with Crippen LogP contribution in [0.15, 0.2) is 42.5 Å². The third-order valence-electron chi connectivity index (χ3n) is 4.14. The Labute approximate surface area is 137 Å². The molecule has 1 aliphatic heterocycles. The zero-order valence-corrected chi connectivity index (χ0v) is 13.7. The fourth-order valence-corrected chi connectivity index (χ4v) is 2.88. The summed E-state index contributed by atoms with van der Waals surface area (Å²) in [5.74, 6) is 2.54. The molecular formula is C19H23NO3. The van der Waals surface area contributed by atoms with Crippen LogP contribution in [0.5, 0.6) is 17.2 Å². The fraction of sp³-hybridized carbons (Fsp3) is 0.368. The summed E-state index contributed by atoms with van der Waals surface area (Å²) < 4.78 is 17.0. The molecule has 1 N–H and O–H groups in total. The second kappa shape index (κ2) is 7.38. The van der Waals surface area contributed by atoms with E-state index in [0.29, 0.717) is 6.10 Å². The monoisotopic (exact) mass is 313 g/mol. The molecule has 1 fully saturated rings. The third-order valence-corrected chi connectivity index (χ3v) is 4.14. The highest BCUT2D eigenvalue weighted by atomic mass is 16.5. The van der Waals surface area contributed by atoms with Crippen molar-refractivity contribution in [1.82, 2.24) is 5.32 Å². The van der Waals surface area contributed by atoms with E-state index >= 15 is 0 Å². The zero-order valence-electron chi connectivity index (χ0n) is 13.7. The van der Waals surface area contributed by atoms with Crippen LogP contribution in [0.1, 0.15) is 12.8 Å². The van der Waals surface area contributed by atoms with Crippen molar-refractivity contribution in [2.75, 3.05) is 27.3 Å². The average Bonchev–Trinajstić information content (AvgIpc) is 2.62. The predicted octanol–water partition coefficient (Wildman–Crippen LogP) is 3.50. The zero-order chi connectivity index (χ0) is 16.1. The molecule has 0 aliphatic carbocycles. The maximum Gasteiger partial charge on any atom is 0.126 e. The summed E-state index contributed by atoms with van der Waals surface area (Å²) in [6, 6.07) is 14.0. The first-order valence-electron chi connectivity index (χ1n) is 8.00. The second-order valence-electron chi connectivity index (χ2n) is 5.66. The minimum absolute atomic E-state index is 0.290. The molecule has 3 rings (SSSR count). The van der Waals surface area contributed by atoms with E-state index < -0.39 is 0 Å². The Morgan fingerprint density at radius 2 is 1.74 bits per heavy atom. The van der Waals surface area contributed by atoms with E-state index in [2.05, 4.69) is 17.4 Å². The Kier molecular flexibility index (Phi) is 5.03. The van der Waals surface area contributed by atoms with Crippen LogP contribution in [-0.2, 0) is 0 Å². The van der Waals surface area contributed by atoms with Crippen LogP contribution in [0.3, 0.4) is 0 Å². The summed E-state index contributed by atoms with van der Waals surface area (Å²) in [6.45, 7) is 2.04. The average molecular weight is 313 g/mol. The molecule has 0 amide bonds. The maximum atomic E-state index is 6.14. The molecule has 1 aliphatic rings. The second-order valence-corrected chi connectivity index (χ2v) is 5.66. The number of hydrogen-bond acceptors (Lipinski definition) is 4. The molecule has 0 radical (unpaired) electrons. The standard InChI is InChI=1S/C19H23NO3/c1-21-16-6-7-19(22-2)18(13-16)14-4-3-5-17(12-14)23-15-8-10-20-11-9-15/h3-7,12-13,15,20H,8-11H2,1-2H3. The van der Waals surface area contributed by atoms with E-state index in [4.69, 9.17) is 14.2 Å². The highest BCUT2D eigenvalue weighted by molar-refractivity contribution is 5.73. The Morgan fingerprint density at radius 1 is 0.913 bits per heavy atom. The SMILES string of the molecule is COc1ccc(OC)c(-c2cccc(OC3CCNCC3)c2)c1. The lowest BCUT2D eigenvalue weighted by molar-refractivity contribution is 0.162. The predicted molar refractivity (Wildman–Crippen MR) is 91.5 cm³/mol. The molecule has 0 aromatic heterocycles. The van der Waals surface area contributed by atoms with E-state index in [1.165, 1.54) is 0 Å². The summed E-state index contributed by atoms with van der Waals surface area (Å²) in [5.41, 5.74) is 2.06. The number of benzene rings is 2. The summed E-state index contributed by atoms with van der Waals surface area (Å²) in [4.78, 5) is 0. The van der Waals surface area contributed by atoms with Gasteiger partial charge in [0, 0.05) is 5.56 Å². The number of hydrogen-bond donors (Lipinski definition) is 1. The van der Waals surface area contributed by atoms with Gasteiger partial charge in [0.15, 0.2) is 0 Å². The van der Waals surface area contributed by atoms with E-state index in [1.807, 2.05) is 30.3 Å². The van der Waals surface area contributed by atoms with E-state index in [9.17, 15) is 0 Å². The Balaban J connectivity index is 1.86. The molecule has 0 atom stereocenters. The van der Waals surface area contributed by atoms with Crippen molar-refractivity contribution in [3.05, 3.63) is 42.5 Å². The molecule has 1 heterocycles. The van der Waals surface area contributed by atoms with Gasteiger partial charge >= 0.3 is 0 Å². The van der Waals surface area contributed by atoms with Crippen LogP contribution in [0.25, 0.3) is 11.1 Å². The first-order chi connectivity index (χ1) is 11.3. The van der Waals surface area contributed by atoms with Gasteiger partial charge in [0.2, 0.25) is 0 Å². The van der Waals surface area contributed by atoms with Crippen molar-refractivity contribution in [3.63, 3.8) is 0 Å². The molecule has 4 nitrogen and oxygen atoms in total. The molecule has 2 aromatic carbocycles. The minimum Gasteiger partial charge on any atom is -0.497 e. The quantitative estimate of drug-likeness (QED) is 0.917. The molecule has 0 saturated carbocycles. The van der Waals surface area contributed by atoms with E-state index in [0.717, 1.165) is 54.3 Å². The highest BCUT2D eigenvalue weighted by Gasteiger charge is 2.15. The Hall–Kier alpha value is -2.20. The Bertz CT molecular complexity index is 651. The van der Waals surface area contributed by atoms with Gasteiger partial charge in [-0.05, 0) is 61.8 Å². The lowest BCUT2D eigenvalue weighted by Crippen LogP contribution is -2.34. The van der Waals surface area contributed by atoms with Crippen LogP contribution in [0.4, 0.5) is 0 Å². The molecule has 23 heavy (non-hydrogen) atoms. The maximum absolute atomic E-state index is 6.14. The van der Waals surface area contributed by atoms with Crippen molar-refractivity contribution < 1.29 is 14.2 Å². The lowest BCUT2D eigenvalue weighted by Gasteiger charge is -2.24. The van der Waals surface area contributed by atoms with Crippen LogP contribution >= 0.6 is 0 Å². The topological polar surface area (TPSA) is 39.7 Å². The summed E-state index contributed by atoms with van der Waals surface area (Å²) >= 11 is 0. The lowest BCUT2D eigenvalue weighted by atomic mass is 10.0. The molecular weight excluding hydrogens is 290 g/mol. The molecule has 0 spiro atoms. The first-order valence-corrected chi connectivity index (χ1v) is 8.00.